The number of methoxy groups -OCH3 is 2. The van der Waals surface area contributed by atoms with E-state index in [0.717, 1.165) is 21.9 Å². The van der Waals surface area contributed by atoms with Gasteiger partial charge in [0.2, 0.25) is 0 Å². The van der Waals surface area contributed by atoms with Gasteiger partial charge in [0.05, 0.1) is 26.6 Å². The zero-order valence-corrected chi connectivity index (χ0v) is 18.4. The fourth-order valence-electron chi connectivity index (χ4n) is 3.15. The van der Waals surface area contributed by atoms with Gasteiger partial charge in [-0.25, -0.2) is 0 Å². The number of anilines is 2. The Hall–Kier alpha value is -4.86. The summed E-state index contributed by atoms with van der Waals surface area (Å²) in [6.07, 6.45) is 3.17. The molecule has 0 amide bonds. The molecule has 4 N–H and O–H groups in total. The molecule has 10 heteroatoms. The number of aromatic nitrogens is 2. The van der Waals surface area contributed by atoms with Crippen molar-refractivity contribution in [2.24, 2.45) is 10.2 Å². The Labute approximate surface area is 195 Å². The van der Waals surface area contributed by atoms with E-state index >= 15 is 0 Å². The lowest BCUT2D eigenvalue weighted by Crippen LogP contribution is -2.01. The third-order valence-corrected chi connectivity index (χ3v) is 4.86. The lowest BCUT2D eigenvalue weighted by molar-refractivity contribution is 0.373. The summed E-state index contributed by atoms with van der Waals surface area (Å²) in [6, 6.07) is 17.4. The summed E-state index contributed by atoms with van der Waals surface area (Å²) in [5.41, 5.74) is 7.28. The van der Waals surface area contributed by atoms with Crippen LogP contribution in [0.5, 0.6) is 23.0 Å². The second-order valence-corrected chi connectivity index (χ2v) is 7.05. The first-order chi connectivity index (χ1) is 16.6. The number of hydrogen-bond donors (Lipinski definition) is 4. The Morgan fingerprint density at radius 2 is 1.15 bits per heavy atom. The number of phenols is 2. The van der Waals surface area contributed by atoms with E-state index in [9.17, 15) is 10.2 Å². The van der Waals surface area contributed by atoms with Crippen LogP contribution in [-0.4, -0.2) is 47.1 Å². The molecule has 0 spiro atoms. The minimum Gasteiger partial charge on any atom is -0.504 e. The number of ether oxygens (including phenoxy) is 2. The molecule has 0 saturated carbocycles. The average molecular weight is 458 g/mol. The van der Waals surface area contributed by atoms with Crippen LogP contribution in [0.1, 0.15) is 11.1 Å². The predicted octanol–water partition coefficient (Wildman–Crippen LogP) is 3.95. The number of rotatable bonds is 8. The summed E-state index contributed by atoms with van der Waals surface area (Å²) in [5.74, 6) is 1.76. The van der Waals surface area contributed by atoms with E-state index < -0.39 is 0 Å². The number of nitrogens with zero attached hydrogens (tertiary/aromatic N) is 4. The van der Waals surface area contributed by atoms with Crippen LogP contribution in [0, 0.1) is 0 Å². The van der Waals surface area contributed by atoms with Crippen molar-refractivity contribution >= 4 is 34.8 Å². The molecule has 1 heterocycles. The number of aromatic hydroxyl groups is 2. The normalized spacial score (nSPS) is 11.2. The van der Waals surface area contributed by atoms with Crippen LogP contribution in [-0.2, 0) is 0 Å². The molecular formula is C24H22N6O4. The maximum atomic E-state index is 9.71. The van der Waals surface area contributed by atoms with Crippen LogP contribution in [0.25, 0.3) is 10.8 Å². The van der Waals surface area contributed by atoms with E-state index in [1.54, 1.807) is 36.7 Å². The van der Waals surface area contributed by atoms with Crippen LogP contribution in [0.2, 0.25) is 0 Å². The van der Waals surface area contributed by atoms with Gasteiger partial charge in [-0.3, -0.25) is 10.9 Å². The maximum Gasteiger partial charge on any atom is 0.176 e. The molecule has 34 heavy (non-hydrogen) atoms. The second kappa shape index (κ2) is 10.2. The van der Waals surface area contributed by atoms with Crippen molar-refractivity contribution in [2.75, 3.05) is 25.1 Å². The molecule has 0 aliphatic carbocycles. The summed E-state index contributed by atoms with van der Waals surface area (Å²) >= 11 is 0. The minimum absolute atomic E-state index is 0.0553. The standard InChI is InChI=1S/C24H22N6O4/c1-33-21-11-15(7-9-19(21)31)13-25-27-23-17-5-3-4-6-18(17)24(30-29-23)28-26-14-16-8-10-20(32)22(12-16)34-2/h3-14,31-32H,1-2H3,(H,27,29)(H,28,30)/b25-13-,26-14-. The predicted molar refractivity (Wildman–Crippen MR) is 131 cm³/mol. The molecule has 0 bridgehead atoms. The fraction of sp³-hybridized carbons (Fsp3) is 0.0833. The van der Waals surface area contributed by atoms with E-state index in [2.05, 4.69) is 31.3 Å². The summed E-state index contributed by atoms with van der Waals surface area (Å²) in [4.78, 5) is 0. The fourth-order valence-corrected chi connectivity index (χ4v) is 3.15. The molecule has 1 aromatic heterocycles. The largest absolute Gasteiger partial charge is 0.504 e. The molecule has 0 fully saturated rings. The van der Waals surface area contributed by atoms with Gasteiger partial charge in [0.25, 0.3) is 0 Å². The van der Waals surface area contributed by atoms with Gasteiger partial charge in [0.1, 0.15) is 0 Å². The molecule has 4 rings (SSSR count). The van der Waals surface area contributed by atoms with Crippen LogP contribution in [0.3, 0.4) is 0 Å². The Bertz CT molecular complexity index is 1270. The molecule has 0 saturated heterocycles. The molecule has 172 valence electrons. The molecule has 0 aliphatic rings. The van der Waals surface area contributed by atoms with Crippen molar-refractivity contribution in [3.05, 3.63) is 71.8 Å². The van der Waals surface area contributed by atoms with Gasteiger partial charge >= 0.3 is 0 Å². The number of fused-ring (bicyclic) bond motifs is 1. The van der Waals surface area contributed by atoms with Crippen LogP contribution in [0.15, 0.2) is 70.9 Å². The molecule has 0 aliphatic heterocycles. The Morgan fingerprint density at radius 1 is 0.706 bits per heavy atom. The third-order valence-electron chi connectivity index (χ3n) is 4.86. The molecule has 0 unspecified atom stereocenters. The topological polar surface area (TPSA) is 133 Å². The highest BCUT2D eigenvalue weighted by Gasteiger charge is 2.08. The first kappa shape index (κ1) is 22.3. The first-order valence-corrected chi connectivity index (χ1v) is 10.2. The van der Waals surface area contributed by atoms with Crippen molar-refractivity contribution in [2.45, 2.75) is 0 Å². The molecule has 0 atom stereocenters. The van der Waals surface area contributed by atoms with E-state index in [4.69, 9.17) is 9.47 Å². The van der Waals surface area contributed by atoms with Crippen molar-refractivity contribution in [3.8, 4) is 23.0 Å². The number of nitrogens with one attached hydrogen (secondary N) is 2. The van der Waals surface area contributed by atoms with E-state index in [1.165, 1.54) is 26.4 Å². The molecule has 3 aromatic carbocycles. The molecule has 0 radical (unpaired) electrons. The van der Waals surface area contributed by atoms with Crippen LogP contribution in [0.4, 0.5) is 11.6 Å². The Kier molecular flexibility index (Phi) is 6.68. The zero-order chi connectivity index (χ0) is 23.9. The number of hydrazone groups is 2. The summed E-state index contributed by atoms with van der Waals surface area (Å²) in [5, 5.41) is 37.9. The number of benzene rings is 3. The first-order valence-electron chi connectivity index (χ1n) is 10.2. The van der Waals surface area contributed by atoms with Crippen molar-refractivity contribution in [1.82, 2.24) is 10.2 Å². The van der Waals surface area contributed by atoms with Gasteiger partial charge in [0, 0.05) is 10.8 Å². The van der Waals surface area contributed by atoms with Crippen molar-refractivity contribution in [1.29, 1.82) is 0 Å². The van der Waals surface area contributed by atoms with E-state index in [0.29, 0.717) is 23.1 Å². The third kappa shape index (κ3) is 4.96. The Morgan fingerprint density at radius 3 is 1.56 bits per heavy atom. The second-order valence-electron chi connectivity index (χ2n) is 7.05. The van der Waals surface area contributed by atoms with E-state index in [-0.39, 0.29) is 11.5 Å². The molecule has 10 nitrogen and oxygen atoms in total. The SMILES string of the molecule is COc1cc(/C=N\Nc2nnc(N/N=C\c3ccc(O)c(OC)c3)c3ccccc23)ccc1O. The number of phenolic OH excluding ortho intramolecular Hbond substituents is 2. The Balaban J connectivity index is 1.52. The van der Waals surface area contributed by atoms with Gasteiger partial charge in [-0.2, -0.15) is 10.2 Å². The van der Waals surface area contributed by atoms with Gasteiger partial charge in [0.15, 0.2) is 34.6 Å². The quantitative estimate of drug-likeness (QED) is 0.230. The zero-order valence-electron chi connectivity index (χ0n) is 18.4. The lowest BCUT2D eigenvalue weighted by Gasteiger charge is -2.08. The summed E-state index contributed by atoms with van der Waals surface area (Å²) < 4.78 is 10.2. The smallest absolute Gasteiger partial charge is 0.176 e. The van der Waals surface area contributed by atoms with Crippen molar-refractivity contribution < 1.29 is 19.7 Å². The van der Waals surface area contributed by atoms with Gasteiger partial charge < -0.3 is 19.7 Å². The van der Waals surface area contributed by atoms with Crippen LogP contribution < -0.4 is 20.3 Å². The highest BCUT2D eigenvalue weighted by Crippen LogP contribution is 2.28. The average Bonchev–Trinajstić information content (AvgIpc) is 2.87. The highest BCUT2D eigenvalue weighted by molar-refractivity contribution is 5.98. The molecule has 4 aromatic rings. The van der Waals surface area contributed by atoms with Gasteiger partial charge in [-0.15, -0.1) is 10.2 Å². The summed E-state index contributed by atoms with van der Waals surface area (Å²) in [6.45, 7) is 0. The summed E-state index contributed by atoms with van der Waals surface area (Å²) in [7, 11) is 2.97. The van der Waals surface area contributed by atoms with E-state index in [1.807, 2.05) is 24.3 Å². The minimum atomic E-state index is 0.0553. The highest BCUT2D eigenvalue weighted by atomic mass is 16.5. The maximum absolute atomic E-state index is 9.71. The van der Waals surface area contributed by atoms with Gasteiger partial charge in [-0.05, 0) is 47.5 Å². The van der Waals surface area contributed by atoms with Crippen LogP contribution >= 0.6 is 0 Å². The van der Waals surface area contributed by atoms with Gasteiger partial charge in [-0.1, -0.05) is 24.3 Å². The lowest BCUT2D eigenvalue weighted by atomic mass is 10.2. The monoisotopic (exact) mass is 458 g/mol. The van der Waals surface area contributed by atoms with Crippen molar-refractivity contribution in [3.63, 3.8) is 0 Å². The molecular weight excluding hydrogens is 436 g/mol. The number of hydrogen-bond acceptors (Lipinski definition) is 10.